The number of hydrogen-bond acceptors (Lipinski definition) is 3. The van der Waals surface area contributed by atoms with E-state index in [4.69, 9.17) is 0 Å². The highest BCUT2D eigenvalue weighted by atomic mass is 16.2. The molecule has 0 unspecified atom stereocenters. The highest BCUT2D eigenvalue weighted by Gasteiger charge is 2.36. The van der Waals surface area contributed by atoms with Gasteiger partial charge in [-0.3, -0.25) is 14.5 Å². The van der Waals surface area contributed by atoms with Gasteiger partial charge in [0, 0.05) is 45.1 Å². The lowest BCUT2D eigenvalue weighted by Gasteiger charge is -2.32. The Balaban J connectivity index is 1.47. The number of fused-ring (bicyclic) bond motifs is 1. The SMILES string of the molecule is CC(=O)N(CCC(=O)N[C@H]1CCN2CCCC[C@@H]12)Cc1ccccc1. The molecular weight excluding hydrogens is 314 g/mol. The zero-order chi connectivity index (χ0) is 17.6. The van der Waals surface area contributed by atoms with Crippen molar-refractivity contribution in [1.82, 2.24) is 15.1 Å². The van der Waals surface area contributed by atoms with Gasteiger partial charge in [-0.05, 0) is 31.4 Å². The fourth-order valence-electron chi connectivity index (χ4n) is 4.08. The van der Waals surface area contributed by atoms with Crippen molar-refractivity contribution in [3.8, 4) is 0 Å². The predicted octanol–water partition coefficient (Wildman–Crippen LogP) is 2.17. The maximum absolute atomic E-state index is 12.4. The molecular formula is C20H29N3O2. The van der Waals surface area contributed by atoms with Gasteiger partial charge < -0.3 is 10.2 Å². The van der Waals surface area contributed by atoms with Crippen molar-refractivity contribution in [2.24, 2.45) is 0 Å². The molecule has 1 aromatic carbocycles. The second-order valence-electron chi connectivity index (χ2n) is 7.24. The van der Waals surface area contributed by atoms with Crippen molar-refractivity contribution in [3.05, 3.63) is 35.9 Å². The minimum absolute atomic E-state index is 0.0102. The first-order chi connectivity index (χ1) is 12.1. The molecule has 0 bridgehead atoms. The Kier molecular flexibility index (Phi) is 6.08. The summed E-state index contributed by atoms with van der Waals surface area (Å²) in [4.78, 5) is 28.5. The quantitative estimate of drug-likeness (QED) is 0.861. The van der Waals surface area contributed by atoms with Crippen LogP contribution >= 0.6 is 0 Å². The van der Waals surface area contributed by atoms with Crippen LogP contribution in [-0.4, -0.2) is 53.3 Å². The monoisotopic (exact) mass is 343 g/mol. The second kappa shape index (κ2) is 8.48. The fraction of sp³-hybridized carbons (Fsp3) is 0.600. The average molecular weight is 343 g/mol. The molecule has 2 heterocycles. The number of nitrogens with one attached hydrogen (secondary N) is 1. The largest absolute Gasteiger partial charge is 0.352 e. The molecule has 0 radical (unpaired) electrons. The average Bonchev–Trinajstić information content (AvgIpc) is 3.02. The zero-order valence-electron chi connectivity index (χ0n) is 15.1. The van der Waals surface area contributed by atoms with Crippen molar-refractivity contribution < 1.29 is 9.59 Å². The van der Waals surface area contributed by atoms with Gasteiger partial charge in [0.05, 0.1) is 0 Å². The summed E-state index contributed by atoms with van der Waals surface area (Å²) < 4.78 is 0. The molecule has 0 spiro atoms. The summed E-state index contributed by atoms with van der Waals surface area (Å²) in [5.74, 6) is 0.0766. The molecule has 0 aliphatic carbocycles. The van der Waals surface area contributed by atoms with E-state index in [0.29, 0.717) is 25.6 Å². The number of rotatable bonds is 6. The smallest absolute Gasteiger partial charge is 0.222 e. The van der Waals surface area contributed by atoms with E-state index in [2.05, 4.69) is 10.2 Å². The molecule has 25 heavy (non-hydrogen) atoms. The summed E-state index contributed by atoms with van der Waals surface area (Å²) >= 11 is 0. The van der Waals surface area contributed by atoms with E-state index in [0.717, 1.165) is 18.5 Å². The van der Waals surface area contributed by atoms with Crippen molar-refractivity contribution in [1.29, 1.82) is 0 Å². The molecule has 5 nitrogen and oxygen atoms in total. The van der Waals surface area contributed by atoms with E-state index < -0.39 is 0 Å². The Morgan fingerprint density at radius 1 is 1.16 bits per heavy atom. The lowest BCUT2D eigenvalue weighted by atomic mass is 9.99. The Bertz CT molecular complexity index is 590. The van der Waals surface area contributed by atoms with Crippen molar-refractivity contribution >= 4 is 11.8 Å². The van der Waals surface area contributed by atoms with Gasteiger partial charge >= 0.3 is 0 Å². The zero-order valence-corrected chi connectivity index (χ0v) is 15.1. The molecule has 0 aromatic heterocycles. The van der Waals surface area contributed by atoms with Gasteiger partial charge in [0.25, 0.3) is 0 Å². The maximum atomic E-state index is 12.4. The number of hydrogen-bond donors (Lipinski definition) is 1. The fourth-order valence-corrected chi connectivity index (χ4v) is 4.08. The van der Waals surface area contributed by atoms with Crippen LogP contribution in [0.25, 0.3) is 0 Å². The van der Waals surface area contributed by atoms with Gasteiger partial charge in [-0.15, -0.1) is 0 Å². The molecule has 0 saturated carbocycles. The number of carbonyl (C=O) groups is 2. The predicted molar refractivity (Wildman–Crippen MR) is 97.9 cm³/mol. The first kappa shape index (κ1) is 17.9. The number of carbonyl (C=O) groups excluding carboxylic acids is 2. The highest BCUT2D eigenvalue weighted by Crippen LogP contribution is 2.27. The molecule has 3 rings (SSSR count). The van der Waals surface area contributed by atoms with Gasteiger partial charge in [0.2, 0.25) is 11.8 Å². The third-order valence-electron chi connectivity index (χ3n) is 5.47. The first-order valence-electron chi connectivity index (χ1n) is 9.46. The van der Waals surface area contributed by atoms with Crippen LogP contribution in [0.1, 0.15) is 44.6 Å². The van der Waals surface area contributed by atoms with Gasteiger partial charge in [0.1, 0.15) is 0 Å². The van der Waals surface area contributed by atoms with Crippen LogP contribution in [-0.2, 0) is 16.1 Å². The van der Waals surface area contributed by atoms with E-state index in [9.17, 15) is 9.59 Å². The summed E-state index contributed by atoms with van der Waals surface area (Å²) in [7, 11) is 0. The molecule has 1 N–H and O–H groups in total. The summed E-state index contributed by atoms with van der Waals surface area (Å²) in [6.07, 6.45) is 5.16. The Morgan fingerprint density at radius 2 is 1.96 bits per heavy atom. The third-order valence-corrected chi connectivity index (χ3v) is 5.47. The van der Waals surface area contributed by atoms with E-state index in [-0.39, 0.29) is 17.9 Å². The van der Waals surface area contributed by atoms with Crippen LogP contribution in [0.2, 0.25) is 0 Å². The van der Waals surface area contributed by atoms with Crippen molar-refractivity contribution in [2.45, 2.75) is 57.7 Å². The molecule has 2 atom stereocenters. The van der Waals surface area contributed by atoms with Gasteiger partial charge in [-0.2, -0.15) is 0 Å². The summed E-state index contributed by atoms with van der Waals surface area (Å²) in [6.45, 7) is 4.87. The molecule has 1 aromatic rings. The molecule has 2 aliphatic rings. The van der Waals surface area contributed by atoms with Crippen LogP contribution in [0.5, 0.6) is 0 Å². The number of nitrogens with zero attached hydrogens (tertiary/aromatic N) is 2. The van der Waals surface area contributed by atoms with Crippen molar-refractivity contribution in [2.75, 3.05) is 19.6 Å². The second-order valence-corrected chi connectivity index (χ2v) is 7.24. The number of piperidine rings is 1. The number of amides is 2. The third kappa shape index (κ3) is 4.82. The Labute approximate surface area is 150 Å². The highest BCUT2D eigenvalue weighted by molar-refractivity contribution is 5.78. The van der Waals surface area contributed by atoms with Crippen LogP contribution in [0.4, 0.5) is 0 Å². The Morgan fingerprint density at radius 3 is 2.72 bits per heavy atom. The van der Waals surface area contributed by atoms with Crippen LogP contribution < -0.4 is 5.32 Å². The van der Waals surface area contributed by atoms with E-state index >= 15 is 0 Å². The molecule has 5 heteroatoms. The standard InChI is InChI=1S/C20H29N3O2/c1-16(24)23(15-17-7-3-2-4-8-17)14-11-20(25)21-18-10-13-22-12-6-5-9-19(18)22/h2-4,7-8,18-19H,5-6,9-15H2,1H3,(H,21,25)/t18-,19-/m0/s1. The molecule has 136 valence electrons. The van der Waals surface area contributed by atoms with E-state index in [1.807, 2.05) is 30.3 Å². The van der Waals surface area contributed by atoms with E-state index in [1.54, 1.807) is 11.8 Å². The van der Waals surface area contributed by atoms with Gasteiger partial charge in [-0.25, -0.2) is 0 Å². The first-order valence-corrected chi connectivity index (χ1v) is 9.46. The number of benzene rings is 1. The summed E-state index contributed by atoms with van der Waals surface area (Å²) in [5, 5.41) is 3.22. The molecule has 2 saturated heterocycles. The van der Waals surface area contributed by atoms with E-state index in [1.165, 1.54) is 25.8 Å². The maximum Gasteiger partial charge on any atom is 0.222 e. The minimum atomic E-state index is 0.0102. The normalized spacial score (nSPS) is 23.1. The summed E-state index contributed by atoms with van der Waals surface area (Å²) in [5.41, 5.74) is 1.09. The Hall–Kier alpha value is -1.88. The topological polar surface area (TPSA) is 52.7 Å². The van der Waals surface area contributed by atoms with Gasteiger partial charge in [-0.1, -0.05) is 36.8 Å². The lowest BCUT2D eigenvalue weighted by Crippen LogP contribution is -2.47. The molecule has 2 fully saturated rings. The summed E-state index contributed by atoms with van der Waals surface area (Å²) in [6, 6.07) is 10.7. The minimum Gasteiger partial charge on any atom is -0.352 e. The molecule has 2 amide bonds. The van der Waals surface area contributed by atoms with Crippen molar-refractivity contribution in [3.63, 3.8) is 0 Å². The van der Waals surface area contributed by atoms with Crippen LogP contribution in [0.3, 0.4) is 0 Å². The van der Waals surface area contributed by atoms with Crippen LogP contribution in [0, 0.1) is 0 Å². The van der Waals surface area contributed by atoms with Crippen LogP contribution in [0.15, 0.2) is 30.3 Å². The van der Waals surface area contributed by atoms with Gasteiger partial charge in [0.15, 0.2) is 0 Å². The molecule has 2 aliphatic heterocycles. The lowest BCUT2D eigenvalue weighted by molar-refractivity contribution is -0.130.